The van der Waals surface area contributed by atoms with Crippen LogP contribution in [0.4, 0.5) is 0 Å². The summed E-state index contributed by atoms with van der Waals surface area (Å²) >= 11 is 0. The van der Waals surface area contributed by atoms with Crippen LogP contribution in [0.5, 0.6) is 5.75 Å². The maximum Gasteiger partial charge on any atom is 0.340 e. The summed E-state index contributed by atoms with van der Waals surface area (Å²) in [6.07, 6.45) is 14.4. The van der Waals surface area contributed by atoms with Crippen molar-refractivity contribution in [3.63, 3.8) is 0 Å². The Kier molecular flexibility index (Phi) is 24.7. The molecule has 0 aromatic heterocycles. The first kappa shape index (κ1) is 52.9. The fourth-order valence-corrected chi connectivity index (χ4v) is 15.8. The summed E-state index contributed by atoms with van der Waals surface area (Å²) in [6, 6.07) is 4.89. The molecule has 1 aromatic rings. The number of likely N-dealkylation sites (N-methyl/N-ethyl adjacent to an activating group) is 1. The number of benzene rings is 1. The highest BCUT2D eigenvalue weighted by molar-refractivity contribution is 7.54. The van der Waals surface area contributed by atoms with Crippen molar-refractivity contribution in [1.29, 1.82) is 0 Å². The predicted molar refractivity (Wildman–Crippen MR) is 241 cm³/mol. The van der Waals surface area contributed by atoms with Crippen LogP contribution in [0, 0.1) is 0 Å². The van der Waals surface area contributed by atoms with E-state index in [1.807, 2.05) is 18.2 Å². The summed E-state index contributed by atoms with van der Waals surface area (Å²) in [5.41, 5.74) is 2.54. The largest absolute Gasteiger partial charge is 0.491 e. The molecule has 0 bridgehead atoms. The van der Waals surface area contributed by atoms with E-state index in [1.165, 1.54) is 63.3 Å². The first-order valence-electron chi connectivity index (χ1n) is 22.8. The van der Waals surface area contributed by atoms with E-state index in [1.54, 1.807) is 18.7 Å². The Bertz CT molecular complexity index is 1410. The molecule has 340 valence electrons. The lowest BCUT2D eigenvalue weighted by Gasteiger charge is -2.43. The van der Waals surface area contributed by atoms with Gasteiger partial charge in [-0.1, -0.05) is 112 Å². The summed E-state index contributed by atoms with van der Waals surface area (Å²) < 4.78 is 36.7. The zero-order valence-corrected chi connectivity index (χ0v) is 40.4. The van der Waals surface area contributed by atoms with E-state index >= 15 is 0 Å². The molecule has 59 heavy (non-hydrogen) atoms. The second-order valence-electron chi connectivity index (χ2n) is 17.3. The molecule has 1 aromatic carbocycles. The third-order valence-electron chi connectivity index (χ3n) is 11.8. The number of hydrogen-bond acceptors (Lipinski definition) is 9. The summed E-state index contributed by atoms with van der Waals surface area (Å²) in [5.74, 6) is -0.649. The number of likely N-dealkylation sites (tertiary alicyclic amines) is 1. The molecule has 0 radical (unpaired) electrons. The standard InChI is InChI=1S/C45H82N3O9PSi/c1-11-14-15-16-17-18-19-20-21-22-24-38-26-27-41(45(52)46-39(31-49)32-57-59(35(4)5,36(6)7)37(8)9)42(29-38)54-33-40-25-23-28-48(40)43(50)30-47(10)44(51)34-58(53,55-12-2)56-13-3/h26-27,29,35-37,39-40,49H,11-25,28,30-34H2,1-10H3,(H,46,52)/t39-,40+/m1/s1. The lowest BCUT2D eigenvalue weighted by Crippen LogP contribution is -2.51. The van der Waals surface area contributed by atoms with Gasteiger partial charge < -0.3 is 38.4 Å². The third kappa shape index (κ3) is 17.2. The van der Waals surface area contributed by atoms with Crippen molar-refractivity contribution in [3.05, 3.63) is 29.3 Å². The number of aliphatic hydroxyl groups excluding tert-OH is 1. The highest BCUT2D eigenvalue weighted by Crippen LogP contribution is 2.48. The Labute approximate surface area is 358 Å². The summed E-state index contributed by atoms with van der Waals surface area (Å²) in [6.45, 7) is 19.6. The van der Waals surface area contributed by atoms with Gasteiger partial charge >= 0.3 is 7.60 Å². The molecule has 2 N–H and O–H groups in total. The number of nitrogens with one attached hydrogen (secondary N) is 1. The number of aliphatic hydroxyl groups is 1. The Hall–Kier alpha value is -2.28. The van der Waals surface area contributed by atoms with Gasteiger partial charge in [0.25, 0.3) is 5.91 Å². The Morgan fingerprint density at radius 1 is 0.898 bits per heavy atom. The SMILES string of the molecule is CCCCCCCCCCCCc1ccc(C(=O)N[C@H](CO)CO[Si](C(C)C)(C(C)C)C(C)C)c(OC[C@@H]2CCCN2C(=O)CN(C)C(=O)CP(=O)(OCC)OCC)c1. The molecule has 0 unspecified atom stereocenters. The highest BCUT2D eigenvalue weighted by Gasteiger charge is 2.45. The number of aryl methyl sites for hydroxylation is 1. The molecular formula is C45H82N3O9PSi. The molecule has 1 saturated heterocycles. The molecule has 14 heteroatoms. The van der Waals surface area contributed by atoms with Crippen LogP contribution in [0.1, 0.15) is 155 Å². The molecule has 0 saturated carbocycles. The molecular weight excluding hydrogens is 786 g/mol. The fraction of sp³-hybridized carbons (Fsp3) is 0.800. The van der Waals surface area contributed by atoms with Crippen molar-refractivity contribution < 1.29 is 42.3 Å². The Balaban J connectivity index is 2.20. The number of carbonyl (C=O) groups excluding carboxylic acids is 3. The normalized spacial score (nSPS) is 15.4. The monoisotopic (exact) mass is 868 g/mol. The van der Waals surface area contributed by atoms with E-state index in [-0.39, 0.29) is 57.4 Å². The summed E-state index contributed by atoms with van der Waals surface area (Å²) in [7, 11) is -4.33. The number of nitrogens with zero attached hydrogens (tertiary/aromatic N) is 2. The van der Waals surface area contributed by atoms with E-state index in [9.17, 15) is 24.1 Å². The van der Waals surface area contributed by atoms with Crippen molar-refractivity contribution in [2.75, 3.05) is 59.3 Å². The van der Waals surface area contributed by atoms with Gasteiger partial charge in [-0.15, -0.1) is 0 Å². The second kappa shape index (κ2) is 27.6. The Morgan fingerprint density at radius 2 is 1.47 bits per heavy atom. The number of carbonyl (C=O) groups is 3. The number of ether oxygens (including phenoxy) is 1. The van der Waals surface area contributed by atoms with E-state index < -0.39 is 34.0 Å². The molecule has 12 nitrogen and oxygen atoms in total. The van der Waals surface area contributed by atoms with Crippen molar-refractivity contribution in [1.82, 2.24) is 15.1 Å². The van der Waals surface area contributed by atoms with Crippen LogP contribution in [0.2, 0.25) is 16.6 Å². The second-order valence-corrected chi connectivity index (χ2v) is 24.8. The quantitative estimate of drug-likeness (QED) is 0.0424. The van der Waals surface area contributed by atoms with Crippen molar-refractivity contribution in [2.45, 2.75) is 174 Å². The number of unbranched alkanes of at least 4 members (excludes halogenated alkanes) is 9. The molecule has 2 atom stereocenters. The molecule has 3 amide bonds. The van der Waals surface area contributed by atoms with Gasteiger partial charge in [-0.05, 0) is 73.9 Å². The van der Waals surface area contributed by atoms with Crippen molar-refractivity contribution in [2.24, 2.45) is 0 Å². The third-order valence-corrected chi connectivity index (χ3v) is 19.9. The lowest BCUT2D eigenvalue weighted by atomic mass is 10.0. The zero-order chi connectivity index (χ0) is 44.0. The minimum atomic E-state index is -3.61. The van der Waals surface area contributed by atoms with Crippen molar-refractivity contribution in [3.8, 4) is 5.75 Å². The van der Waals surface area contributed by atoms with Gasteiger partial charge in [0, 0.05) is 13.6 Å². The first-order valence-corrected chi connectivity index (χ1v) is 26.7. The van der Waals surface area contributed by atoms with Crippen LogP contribution in [-0.2, 0) is 34.0 Å². The minimum absolute atomic E-state index is 0.140. The minimum Gasteiger partial charge on any atom is -0.491 e. The van der Waals surface area contributed by atoms with Gasteiger partial charge in [-0.2, -0.15) is 0 Å². The van der Waals surface area contributed by atoms with Crippen LogP contribution in [0.25, 0.3) is 0 Å². The van der Waals surface area contributed by atoms with Crippen LogP contribution in [0.15, 0.2) is 18.2 Å². The molecule has 1 heterocycles. The topological polar surface area (TPSA) is 144 Å². The first-order chi connectivity index (χ1) is 28.1. The van der Waals surface area contributed by atoms with Crippen LogP contribution in [0.3, 0.4) is 0 Å². The van der Waals surface area contributed by atoms with Gasteiger partial charge in [-0.3, -0.25) is 18.9 Å². The van der Waals surface area contributed by atoms with Gasteiger partial charge in [0.2, 0.25) is 11.8 Å². The summed E-state index contributed by atoms with van der Waals surface area (Å²) in [4.78, 5) is 43.5. The number of amides is 3. The molecule has 0 spiro atoms. The van der Waals surface area contributed by atoms with Gasteiger partial charge in [0.15, 0.2) is 8.32 Å². The Morgan fingerprint density at radius 3 is 2.02 bits per heavy atom. The van der Waals surface area contributed by atoms with E-state index in [0.29, 0.717) is 40.9 Å². The molecule has 2 rings (SSSR count). The van der Waals surface area contributed by atoms with E-state index in [0.717, 1.165) is 31.2 Å². The van der Waals surface area contributed by atoms with Crippen LogP contribution < -0.4 is 10.1 Å². The van der Waals surface area contributed by atoms with E-state index in [4.69, 9.17) is 18.2 Å². The fourth-order valence-electron chi connectivity index (χ4n) is 8.71. The summed E-state index contributed by atoms with van der Waals surface area (Å²) in [5, 5.41) is 13.4. The maximum atomic E-state index is 14.0. The molecule has 1 fully saturated rings. The number of rotatable bonds is 31. The maximum absolute atomic E-state index is 14.0. The average molecular weight is 868 g/mol. The average Bonchev–Trinajstić information content (AvgIpc) is 3.66. The molecule has 0 aliphatic carbocycles. The van der Waals surface area contributed by atoms with Gasteiger partial charge in [0.05, 0.1) is 50.6 Å². The van der Waals surface area contributed by atoms with Gasteiger partial charge in [0.1, 0.15) is 18.5 Å². The van der Waals surface area contributed by atoms with Gasteiger partial charge in [-0.25, -0.2) is 0 Å². The lowest BCUT2D eigenvalue weighted by molar-refractivity contribution is -0.139. The molecule has 1 aliphatic rings. The predicted octanol–water partition coefficient (Wildman–Crippen LogP) is 9.53. The highest BCUT2D eigenvalue weighted by atomic mass is 31.2. The van der Waals surface area contributed by atoms with Crippen LogP contribution >= 0.6 is 7.60 Å². The zero-order valence-electron chi connectivity index (χ0n) is 38.5. The van der Waals surface area contributed by atoms with Crippen molar-refractivity contribution >= 4 is 33.6 Å². The number of hydrogen-bond donors (Lipinski definition) is 2. The molecule has 1 aliphatic heterocycles. The van der Waals surface area contributed by atoms with Crippen LogP contribution in [-0.4, -0.2) is 112 Å². The van der Waals surface area contributed by atoms with E-state index in [2.05, 4.69) is 53.8 Å². The smallest absolute Gasteiger partial charge is 0.340 e.